The maximum Gasteiger partial charge on any atom is 0.205 e. The molecular weight excluding hydrogens is 333 g/mol. The molecule has 23 heavy (non-hydrogen) atoms. The molecule has 0 fully saturated rings. The summed E-state index contributed by atoms with van der Waals surface area (Å²) in [6, 6.07) is 12.6. The highest BCUT2D eigenvalue weighted by Crippen LogP contribution is 2.27. The van der Waals surface area contributed by atoms with Crippen molar-refractivity contribution in [2.24, 2.45) is 0 Å². The Bertz CT molecular complexity index is 866. The van der Waals surface area contributed by atoms with Crippen molar-refractivity contribution < 1.29 is 9.53 Å². The number of Topliss-reactive ketones (excluding diaryl/α,β-unsaturated/α-hetero) is 1. The molecule has 0 saturated heterocycles. The molecule has 3 rings (SSSR count). The Kier molecular flexibility index (Phi) is 4.33. The summed E-state index contributed by atoms with van der Waals surface area (Å²) in [4.78, 5) is 16.0. The van der Waals surface area contributed by atoms with Crippen LogP contribution in [0.25, 0.3) is 10.9 Å². The van der Waals surface area contributed by atoms with Gasteiger partial charge in [0.25, 0.3) is 0 Å². The SMILES string of the molecule is Cc1[nH]c2ccccc2c1C(=O)[C@@H](C)Oc1cc(Cl)cc(Cl)c1. The van der Waals surface area contributed by atoms with Gasteiger partial charge in [-0.1, -0.05) is 41.4 Å². The van der Waals surface area contributed by atoms with Crippen LogP contribution < -0.4 is 4.74 Å². The predicted molar refractivity (Wildman–Crippen MR) is 93.9 cm³/mol. The fourth-order valence-corrected chi connectivity index (χ4v) is 3.16. The molecule has 2 aromatic carbocycles. The minimum Gasteiger partial charge on any atom is -0.482 e. The minimum absolute atomic E-state index is 0.0870. The molecular formula is C18H15Cl2NO2. The number of hydrogen-bond acceptors (Lipinski definition) is 2. The van der Waals surface area contributed by atoms with Gasteiger partial charge in [0, 0.05) is 32.2 Å². The number of benzene rings is 2. The Hall–Kier alpha value is -1.97. The Morgan fingerprint density at radius 2 is 1.78 bits per heavy atom. The number of para-hydroxylation sites is 1. The number of aryl methyl sites for hydroxylation is 1. The lowest BCUT2D eigenvalue weighted by Crippen LogP contribution is -2.24. The van der Waals surface area contributed by atoms with Crippen molar-refractivity contribution in [1.29, 1.82) is 0 Å². The maximum atomic E-state index is 12.8. The summed E-state index contributed by atoms with van der Waals surface area (Å²) in [5, 5.41) is 1.83. The Balaban J connectivity index is 1.91. The van der Waals surface area contributed by atoms with Crippen LogP contribution in [0.15, 0.2) is 42.5 Å². The van der Waals surface area contributed by atoms with E-state index in [2.05, 4.69) is 4.98 Å². The second-order valence-electron chi connectivity index (χ2n) is 5.40. The number of rotatable bonds is 4. The van der Waals surface area contributed by atoms with Crippen molar-refractivity contribution in [2.45, 2.75) is 20.0 Å². The van der Waals surface area contributed by atoms with E-state index < -0.39 is 6.10 Å². The van der Waals surface area contributed by atoms with E-state index in [-0.39, 0.29) is 5.78 Å². The zero-order valence-electron chi connectivity index (χ0n) is 12.7. The van der Waals surface area contributed by atoms with Crippen LogP contribution in [0.1, 0.15) is 23.0 Å². The Morgan fingerprint density at radius 1 is 1.13 bits per heavy atom. The van der Waals surface area contributed by atoms with E-state index in [1.165, 1.54) is 0 Å². The lowest BCUT2D eigenvalue weighted by Gasteiger charge is -2.14. The standard InChI is InChI=1S/C18H15Cl2NO2/c1-10-17(15-5-3-4-6-16(15)21-10)18(22)11(2)23-14-8-12(19)7-13(20)9-14/h3-9,11,21H,1-2H3/t11-/m1/s1. The average Bonchev–Trinajstić information content (AvgIpc) is 2.81. The molecule has 3 aromatic rings. The average molecular weight is 348 g/mol. The molecule has 1 N–H and O–H groups in total. The number of hydrogen-bond donors (Lipinski definition) is 1. The van der Waals surface area contributed by atoms with Crippen molar-refractivity contribution in [3.05, 3.63) is 63.8 Å². The smallest absolute Gasteiger partial charge is 0.205 e. The van der Waals surface area contributed by atoms with Crippen LogP contribution in [0.4, 0.5) is 0 Å². The number of ether oxygens (including phenoxy) is 1. The summed E-state index contributed by atoms with van der Waals surface area (Å²) in [7, 11) is 0. The van der Waals surface area contributed by atoms with E-state index in [1.54, 1.807) is 25.1 Å². The highest BCUT2D eigenvalue weighted by molar-refractivity contribution is 6.34. The number of nitrogens with one attached hydrogen (secondary N) is 1. The highest BCUT2D eigenvalue weighted by Gasteiger charge is 2.23. The van der Waals surface area contributed by atoms with Crippen molar-refractivity contribution >= 4 is 39.9 Å². The molecule has 5 heteroatoms. The summed E-state index contributed by atoms with van der Waals surface area (Å²) in [5.74, 6) is 0.386. The molecule has 0 aliphatic carbocycles. The molecule has 0 saturated carbocycles. The molecule has 0 radical (unpaired) electrons. The zero-order chi connectivity index (χ0) is 16.6. The number of H-pyrrole nitrogens is 1. The van der Waals surface area contributed by atoms with Crippen LogP contribution in [0, 0.1) is 6.92 Å². The molecule has 1 atom stereocenters. The van der Waals surface area contributed by atoms with Gasteiger partial charge in [-0.2, -0.15) is 0 Å². The van der Waals surface area contributed by atoms with Gasteiger partial charge in [0.2, 0.25) is 5.78 Å². The van der Waals surface area contributed by atoms with Crippen LogP contribution in [0.5, 0.6) is 5.75 Å². The number of ketones is 1. The van der Waals surface area contributed by atoms with Crippen LogP contribution in [0.2, 0.25) is 10.0 Å². The minimum atomic E-state index is -0.651. The Morgan fingerprint density at radius 3 is 2.48 bits per heavy atom. The number of carbonyl (C=O) groups is 1. The third-order valence-corrected chi connectivity index (χ3v) is 4.09. The van der Waals surface area contributed by atoms with Crippen molar-refractivity contribution in [3.8, 4) is 5.75 Å². The summed E-state index contributed by atoms with van der Waals surface area (Å²) in [6.45, 7) is 3.61. The Labute approximate surface area is 144 Å². The van der Waals surface area contributed by atoms with Crippen LogP contribution >= 0.6 is 23.2 Å². The van der Waals surface area contributed by atoms with Crippen molar-refractivity contribution in [3.63, 3.8) is 0 Å². The fourth-order valence-electron chi connectivity index (χ4n) is 2.65. The molecule has 0 amide bonds. The fraction of sp³-hybridized carbons (Fsp3) is 0.167. The lowest BCUT2D eigenvalue weighted by molar-refractivity contribution is 0.0819. The normalized spacial score (nSPS) is 12.3. The van der Waals surface area contributed by atoms with Gasteiger partial charge in [-0.3, -0.25) is 4.79 Å². The molecule has 0 unspecified atom stereocenters. The second kappa shape index (κ2) is 6.26. The molecule has 3 nitrogen and oxygen atoms in total. The number of aromatic nitrogens is 1. The van der Waals surface area contributed by atoms with Gasteiger partial charge < -0.3 is 9.72 Å². The van der Waals surface area contributed by atoms with Gasteiger partial charge >= 0.3 is 0 Å². The summed E-state index contributed by atoms with van der Waals surface area (Å²) in [5.41, 5.74) is 2.42. The van der Waals surface area contributed by atoms with Gasteiger partial charge in [0.1, 0.15) is 5.75 Å². The van der Waals surface area contributed by atoms with E-state index in [0.717, 1.165) is 16.6 Å². The number of fused-ring (bicyclic) bond motifs is 1. The molecule has 1 aromatic heterocycles. The van der Waals surface area contributed by atoms with Gasteiger partial charge in [-0.05, 0) is 38.1 Å². The van der Waals surface area contributed by atoms with Crippen LogP contribution in [0.3, 0.4) is 0 Å². The highest BCUT2D eigenvalue weighted by atomic mass is 35.5. The first kappa shape index (κ1) is 15.9. The van der Waals surface area contributed by atoms with E-state index in [0.29, 0.717) is 21.4 Å². The summed E-state index contributed by atoms with van der Waals surface area (Å²) in [6.07, 6.45) is -0.651. The molecule has 0 bridgehead atoms. The number of carbonyl (C=O) groups excluding carboxylic acids is 1. The predicted octanol–water partition coefficient (Wildman–Crippen LogP) is 5.43. The summed E-state index contributed by atoms with van der Waals surface area (Å²) >= 11 is 11.9. The van der Waals surface area contributed by atoms with E-state index in [1.807, 2.05) is 31.2 Å². The molecule has 0 spiro atoms. The molecule has 118 valence electrons. The maximum absolute atomic E-state index is 12.8. The van der Waals surface area contributed by atoms with Gasteiger partial charge in [-0.15, -0.1) is 0 Å². The van der Waals surface area contributed by atoms with E-state index in [9.17, 15) is 4.79 Å². The largest absolute Gasteiger partial charge is 0.482 e. The molecule has 0 aliphatic rings. The van der Waals surface area contributed by atoms with Crippen LogP contribution in [-0.4, -0.2) is 16.9 Å². The van der Waals surface area contributed by atoms with Crippen LogP contribution in [-0.2, 0) is 0 Å². The molecule has 1 heterocycles. The summed E-state index contributed by atoms with van der Waals surface area (Å²) < 4.78 is 5.73. The first-order valence-corrected chi connectivity index (χ1v) is 7.95. The van der Waals surface area contributed by atoms with Gasteiger partial charge in [0.15, 0.2) is 6.10 Å². The van der Waals surface area contributed by atoms with E-state index in [4.69, 9.17) is 27.9 Å². The van der Waals surface area contributed by atoms with Gasteiger partial charge in [0.05, 0.1) is 0 Å². The number of aromatic amines is 1. The third kappa shape index (κ3) is 3.21. The topological polar surface area (TPSA) is 42.1 Å². The first-order chi connectivity index (χ1) is 11.0. The van der Waals surface area contributed by atoms with Gasteiger partial charge in [-0.25, -0.2) is 0 Å². The lowest BCUT2D eigenvalue weighted by atomic mass is 10.0. The monoisotopic (exact) mass is 347 g/mol. The number of halogens is 2. The quantitative estimate of drug-likeness (QED) is 0.639. The zero-order valence-corrected chi connectivity index (χ0v) is 14.2. The van der Waals surface area contributed by atoms with Crippen molar-refractivity contribution in [2.75, 3.05) is 0 Å². The van der Waals surface area contributed by atoms with E-state index >= 15 is 0 Å². The molecule has 0 aliphatic heterocycles. The third-order valence-electron chi connectivity index (χ3n) is 3.66. The first-order valence-electron chi connectivity index (χ1n) is 7.20. The van der Waals surface area contributed by atoms with Crippen molar-refractivity contribution in [1.82, 2.24) is 4.98 Å². The second-order valence-corrected chi connectivity index (χ2v) is 6.27.